The van der Waals surface area contributed by atoms with Crippen molar-refractivity contribution in [1.29, 1.82) is 0 Å². The smallest absolute Gasteiger partial charge is 0.235 e. The molecule has 1 unspecified atom stereocenters. The summed E-state index contributed by atoms with van der Waals surface area (Å²) < 4.78 is 0. The second-order valence-corrected chi connectivity index (χ2v) is 7.56. The molecular formula is C18H20ClN3OS. The highest BCUT2D eigenvalue weighted by molar-refractivity contribution is 8.00. The molecule has 0 spiro atoms. The first-order valence-corrected chi connectivity index (χ1v) is 9.26. The van der Waals surface area contributed by atoms with Gasteiger partial charge in [0.05, 0.1) is 5.25 Å². The zero-order chi connectivity index (χ0) is 16.9. The van der Waals surface area contributed by atoms with Gasteiger partial charge >= 0.3 is 0 Å². The zero-order valence-electron chi connectivity index (χ0n) is 13.6. The number of piperazine rings is 1. The Morgan fingerprint density at radius 3 is 2.46 bits per heavy atom. The van der Waals surface area contributed by atoms with Gasteiger partial charge in [-0.2, -0.15) is 0 Å². The second-order valence-electron chi connectivity index (χ2n) is 5.71. The molecule has 1 aliphatic rings. The van der Waals surface area contributed by atoms with E-state index in [1.165, 1.54) is 0 Å². The number of thioether (sulfide) groups is 1. The Morgan fingerprint density at radius 2 is 1.83 bits per heavy atom. The quantitative estimate of drug-likeness (QED) is 0.780. The summed E-state index contributed by atoms with van der Waals surface area (Å²) in [5.41, 5.74) is 0. The first kappa shape index (κ1) is 17.1. The molecule has 0 aliphatic carbocycles. The van der Waals surface area contributed by atoms with E-state index in [0.29, 0.717) is 5.02 Å². The lowest BCUT2D eigenvalue weighted by Crippen LogP contribution is -2.50. The van der Waals surface area contributed by atoms with Crippen LogP contribution in [0.4, 0.5) is 5.82 Å². The van der Waals surface area contributed by atoms with E-state index < -0.39 is 0 Å². The summed E-state index contributed by atoms with van der Waals surface area (Å²) >= 11 is 7.48. The van der Waals surface area contributed by atoms with Crippen LogP contribution in [-0.4, -0.2) is 47.2 Å². The topological polar surface area (TPSA) is 36.4 Å². The highest BCUT2D eigenvalue weighted by atomic mass is 35.5. The summed E-state index contributed by atoms with van der Waals surface area (Å²) in [6, 6.07) is 13.5. The van der Waals surface area contributed by atoms with Crippen LogP contribution in [-0.2, 0) is 4.79 Å². The molecule has 3 rings (SSSR count). The third-order valence-corrected chi connectivity index (χ3v) is 5.39. The number of aromatic nitrogens is 1. The van der Waals surface area contributed by atoms with Crippen molar-refractivity contribution in [3.63, 3.8) is 0 Å². The largest absolute Gasteiger partial charge is 0.353 e. The van der Waals surface area contributed by atoms with Crippen molar-refractivity contribution in [2.75, 3.05) is 31.1 Å². The lowest BCUT2D eigenvalue weighted by atomic mass is 10.2. The Labute approximate surface area is 151 Å². The molecule has 1 amide bonds. The molecule has 1 atom stereocenters. The maximum absolute atomic E-state index is 12.7. The van der Waals surface area contributed by atoms with Crippen LogP contribution in [0.15, 0.2) is 53.6 Å². The lowest BCUT2D eigenvalue weighted by molar-refractivity contribution is -0.130. The van der Waals surface area contributed by atoms with E-state index in [0.717, 1.165) is 36.9 Å². The van der Waals surface area contributed by atoms with Crippen molar-refractivity contribution >= 4 is 35.1 Å². The summed E-state index contributed by atoms with van der Waals surface area (Å²) in [5, 5.41) is 0.608. The summed E-state index contributed by atoms with van der Waals surface area (Å²) in [7, 11) is 0. The summed E-state index contributed by atoms with van der Waals surface area (Å²) in [4.78, 5) is 22.3. The van der Waals surface area contributed by atoms with Crippen molar-refractivity contribution in [3.05, 3.63) is 53.7 Å². The molecule has 24 heavy (non-hydrogen) atoms. The number of amides is 1. The van der Waals surface area contributed by atoms with Gasteiger partial charge in [0.15, 0.2) is 0 Å². The Kier molecular flexibility index (Phi) is 5.63. The average Bonchev–Trinajstić information content (AvgIpc) is 2.64. The summed E-state index contributed by atoms with van der Waals surface area (Å²) in [6.07, 6.45) is 1.80. The van der Waals surface area contributed by atoms with E-state index in [9.17, 15) is 4.79 Å². The minimum absolute atomic E-state index is 0.104. The molecular weight excluding hydrogens is 342 g/mol. The molecule has 1 aromatic heterocycles. The van der Waals surface area contributed by atoms with Crippen LogP contribution < -0.4 is 4.90 Å². The fourth-order valence-corrected chi connectivity index (χ4v) is 3.80. The van der Waals surface area contributed by atoms with Crippen molar-refractivity contribution in [3.8, 4) is 0 Å². The van der Waals surface area contributed by atoms with Gasteiger partial charge in [0.25, 0.3) is 0 Å². The molecule has 1 saturated heterocycles. The zero-order valence-corrected chi connectivity index (χ0v) is 15.1. The van der Waals surface area contributed by atoms with Gasteiger partial charge in [-0.05, 0) is 43.3 Å². The number of hydrogen-bond acceptors (Lipinski definition) is 4. The van der Waals surface area contributed by atoms with E-state index in [4.69, 9.17) is 11.6 Å². The van der Waals surface area contributed by atoms with Gasteiger partial charge in [-0.25, -0.2) is 4.98 Å². The van der Waals surface area contributed by atoms with Crippen LogP contribution in [0.25, 0.3) is 0 Å². The third-order valence-electron chi connectivity index (χ3n) is 4.04. The minimum atomic E-state index is -0.104. The van der Waals surface area contributed by atoms with Crippen molar-refractivity contribution in [1.82, 2.24) is 9.88 Å². The first-order chi connectivity index (χ1) is 11.6. The van der Waals surface area contributed by atoms with Crippen LogP contribution >= 0.6 is 23.4 Å². The highest BCUT2D eigenvalue weighted by Crippen LogP contribution is 2.26. The number of rotatable bonds is 4. The Bertz CT molecular complexity index is 672. The molecule has 6 heteroatoms. The number of nitrogens with zero attached hydrogens (tertiary/aromatic N) is 3. The number of pyridine rings is 1. The van der Waals surface area contributed by atoms with Gasteiger partial charge in [-0.15, -0.1) is 11.8 Å². The average molecular weight is 362 g/mol. The van der Waals surface area contributed by atoms with Gasteiger partial charge in [0.2, 0.25) is 5.91 Å². The van der Waals surface area contributed by atoms with Gasteiger partial charge in [0.1, 0.15) is 5.82 Å². The van der Waals surface area contributed by atoms with E-state index in [-0.39, 0.29) is 11.2 Å². The van der Waals surface area contributed by atoms with Crippen LogP contribution in [0.5, 0.6) is 0 Å². The van der Waals surface area contributed by atoms with Gasteiger partial charge in [-0.3, -0.25) is 4.79 Å². The molecule has 0 saturated carbocycles. The summed E-state index contributed by atoms with van der Waals surface area (Å²) in [6.45, 7) is 5.08. The van der Waals surface area contributed by atoms with Crippen LogP contribution in [0, 0.1) is 0 Å². The maximum atomic E-state index is 12.7. The number of carbonyl (C=O) groups is 1. The van der Waals surface area contributed by atoms with E-state index in [2.05, 4.69) is 9.88 Å². The number of halogens is 1. The van der Waals surface area contributed by atoms with Gasteiger partial charge in [0, 0.05) is 42.3 Å². The lowest BCUT2D eigenvalue weighted by Gasteiger charge is -2.36. The van der Waals surface area contributed by atoms with E-state index in [1.807, 2.05) is 54.3 Å². The fraction of sp³-hybridized carbons (Fsp3) is 0.333. The predicted molar refractivity (Wildman–Crippen MR) is 99.8 cm³/mol. The van der Waals surface area contributed by atoms with Crippen LogP contribution in [0.2, 0.25) is 5.02 Å². The molecule has 0 bridgehead atoms. The molecule has 1 fully saturated rings. The third kappa shape index (κ3) is 4.22. The molecule has 1 aliphatic heterocycles. The molecule has 2 heterocycles. The Hall–Kier alpha value is -1.72. The van der Waals surface area contributed by atoms with Crippen LogP contribution in [0.3, 0.4) is 0 Å². The van der Waals surface area contributed by atoms with Gasteiger partial charge < -0.3 is 9.80 Å². The predicted octanol–water partition coefficient (Wildman–Crippen LogP) is 3.56. The second kappa shape index (κ2) is 7.90. The van der Waals surface area contributed by atoms with Crippen LogP contribution in [0.1, 0.15) is 6.92 Å². The molecule has 1 aromatic carbocycles. The van der Waals surface area contributed by atoms with E-state index in [1.54, 1.807) is 18.0 Å². The number of anilines is 1. The SMILES string of the molecule is CC(Sc1ccc(Cl)cc1)C(=O)N1CCN(c2ccccn2)CC1. The minimum Gasteiger partial charge on any atom is -0.353 e. The number of carbonyl (C=O) groups excluding carboxylic acids is 1. The van der Waals surface area contributed by atoms with Crippen molar-refractivity contribution < 1.29 is 4.79 Å². The van der Waals surface area contributed by atoms with E-state index >= 15 is 0 Å². The van der Waals surface area contributed by atoms with Crippen molar-refractivity contribution in [2.45, 2.75) is 17.1 Å². The number of hydrogen-bond donors (Lipinski definition) is 0. The van der Waals surface area contributed by atoms with Gasteiger partial charge in [-0.1, -0.05) is 17.7 Å². The highest BCUT2D eigenvalue weighted by Gasteiger charge is 2.25. The Morgan fingerprint density at radius 1 is 1.12 bits per heavy atom. The standard InChI is InChI=1S/C18H20ClN3OS/c1-14(24-16-7-5-15(19)6-8-16)18(23)22-12-10-21(11-13-22)17-4-2-3-9-20-17/h2-9,14H,10-13H2,1H3. The maximum Gasteiger partial charge on any atom is 0.235 e. The Balaban J connectivity index is 1.53. The summed E-state index contributed by atoms with van der Waals surface area (Å²) in [5.74, 6) is 1.17. The molecule has 2 aromatic rings. The molecule has 0 N–H and O–H groups in total. The van der Waals surface area contributed by atoms with Crippen molar-refractivity contribution in [2.24, 2.45) is 0 Å². The monoisotopic (exact) mass is 361 g/mol. The fourth-order valence-electron chi connectivity index (χ4n) is 2.72. The molecule has 0 radical (unpaired) electrons. The molecule has 126 valence electrons. The number of benzene rings is 1. The normalized spacial score (nSPS) is 16.1. The first-order valence-electron chi connectivity index (χ1n) is 8.00. The molecule has 4 nitrogen and oxygen atoms in total.